The highest BCUT2D eigenvalue weighted by atomic mass is 16.4. The third kappa shape index (κ3) is 2.68. The Balaban J connectivity index is 1.85. The second-order valence-corrected chi connectivity index (χ2v) is 6.28. The first-order valence-electron chi connectivity index (χ1n) is 7.54. The number of aliphatic carboxylic acids is 1. The van der Waals surface area contributed by atoms with Crippen molar-refractivity contribution in [3.63, 3.8) is 0 Å². The fraction of sp³-hybridized carbons (Fsp3) is 0.600. The molecular formula is C15H20N4O3. The molecule has 1 aromatic heterocycles. The van der Waals surface area contributed by atoms with Crippen LogP contribution in [0.5, 0.6) is 0 Å². The first kappa shape index (κ1) is 14.9. The van der Waals surface area contributed by atoms with E-state index in [9.17, 15) is 14.7 Å². The van der Waals surface area contributed by atoms with E-state index in [1.807, 2.05) is 0 Å². The molecule has 2 aliphatic rings. The fourth-order valence-electron chi connectivity index (χ4n) is 3.46. The molecule has 1 amide bonds. The van der Waals surface area contributed by atoms with E-state index in [1.54, 1.807) is 6.92 Å². The molecule has 2 N–H and O–H groups in total. The minimum atomic E-state index is -0.941. The van der Waals surface area contributed by atoms with E-state index < -0.39 is 12.0 Å². The van der Waals surface area contributed by atoms with E-state index in [0.717, 1.165) is 31.6 Å². The number of carbonyl (C=O) groups excluding carboxylic acids is 1. The van der Waals surface area contributed by atoms with Gasteiger partial charge < -0.3 is 15.3 Å². The van der Waals surface area contributed by atoms with Crippen LogP contribution in [0.4, 0.5) is 0 Å². The second kappa shape index (κ2) is 5.64. The van der Waals surface area contributed by atoms with E-state index in [-0.39, 0.29) is 17.0 Å². The maximum Gasteiger partial charge on any atom is 0.326 e. The van der Waals surface area contributed by atoms with Crippen molar-refractivity contribution in [1.29, 1.82) is 0 Å². The molecule has 22 heavy (non-hydrogen) atoms. The van der Waals surface area contributed by atoms with Gasteiger partial charge in [-0.15, -0.1) is 0 Å². The number of aryl methyl sites for hydroxylation is 1. The predicted octanol–water partition coefficient (Wildman–Crippen LogP) is 0.454. The van der Waals surface area contributed by atoms with Crippen molar-refractivity contribution < 1.29 is 14.7 Å². The van der Waals surface area contributed by atoms with Crippen LogP contribution in [0.15, 0.2) is 12.4 Å². The van der Waals surface area contributed by atoms with Gasteiger partial charge in [-0.05, 0) is 44.7 Å². The Morgan fingerprint density at radius 3 is 2.64 bits per heavy atom. The summed E-state index contributed by atoms with van der Waals surface area (Å²) >= 11 is 0. The molecule has 2 aliphatic heterocycles. The number of nitrogens with zero attached hydrogens (tertiary/aromatic N) is 3. The summed E-state index contributed by atoms with van der Waals surface area (Å²) in [6.07, 6.45) is 5.28. The molecule has 0 bridgehead atoms. The summed E-state index contributed by atoms with van der Waals surface area (Å²) in [5.74, 6) is -1.28. The number of carbonyl (C=O) groups is 2. The van der Waals surface area contributed by atoms with Crippen LogP contribution in [0.2, 0.25) is 0 Å². The highest BCUT2D eigenvalue weighted by molar-refractivity contribution is 5.95. The van der Waals surface area contributed by atoms with Crippen LogP contribution in [-0.2, 0) is 4.79 Å². The number of hydrogen-bond acceptors (Lipinski definition) is 5. The molecule has 0 radical (unpaired) electrons. The first-order valence-corrected chi connectivity index (χ1v) is 7.54. The number of carboxylic acids is 1. The largest absolute Gasteiger partial charge is 0.480 e. The number of rotatable bonds is 2. The molecule has 0 saturated carbocycles. The van der Waals surface area contributed by atoms with Gasteiger partial charge in [0.1, 0.15) is 11.7 Å². The summed E-state index contributed by atoms with van der Waals surface area (Å²) in [6, 6.07) is -0.770. The Kier molecular flexibility index (Phi) is 3.82. The van der Waals surface area contributed by atoms with Crippen molar-refractivity contribution in [1.82, 2.24) is 20.2 Å². The van der Waals surface area contributed by atoms with Crippen molar-refractivity contribution in [2.24, 2.45) is 5.41 Å². The summed E-state index contributed by atoms with van der Waals surface area (Å²) < 4.78 is 0. The van der Waals surface area contributed by atoms with Crippen LogP contribution in [0.1, 0.15) is 35.4 Å². The van der Waals surface area contributed by atoms with Crippen LogP contribution in [0, 0.1) is 12.3 Å². The van der Waals surface area contributed by atoms with Gasteiger partial charge in [-0.1, -0.05) is 0 Å². The molecule has 2 saturated heterocycles. The summed E-state index contributed by atoms with van der Waals surface area (Å²) in [6.45, 7) is 4.03. The Bertz CT molecular complexity index is 581. The maximum atomic E-state index is 12.6. The average molecular weight is 304 g/mol. The zero-order chi connectivity index (χ0) is 15.7. The minimum absolute atomic E-state index is 0.0813. The second-order valence-electron chi connectivity index (χ2n) is 6.28. The Labute approximate surface area is 128 Å². The summed E-state index contributed by atoms with van der Waals surface area (Å²) in [5, 5.41) is 12.8. The van der Waals surface area contributed by atoms with Gasteiger partial charge in [-0.2, -0.15) is 0 Å². The monoisotopic (exact) mass is 304 g/mol. The summed E-state index contributed by atoms with van der Waals surface area (Å²) in [4.78, 5) is 33.9. The lowest BCUT2D eigenvalue weighted by molar-refractivity contribution is -0.141. The van der Waals surface area contributed by atoms with Crippen LogP contribution >= 0.6 is 0 Å². The Morgan fingerprint density at radius 2 is 2.05 bits per heavy atom. The van der Waals surface area contributed by atoms with Gasteiger partial charge in [0, 0.05) is 12.7 Å². The van der Waals surface area contributed by atoms with Crippen LogP contribution in [-0.4, -0.2) is 57.5 Å². The zero-order valence-corrected chi connectivity index (χ0v) is 12.6. The van der Waals surface area contributed by atoms with Crippen molar-refractivity contribution in [3.05, 3.63) is 23.8 Å². The third-order valence-electron chi connectivity index (χ3n) is 4.72. The van der Waals surface area contributed by atoms with Crippen molar-refractivity contribution >= 4 is 11.9 Å². The first-order chi connectivity index (χ1) is 10.5. The smallest absolute Gasteiger partial charge is 0.326 e. The SMILES string of the molecule is Cc1cnc(C(=O)N2CC3(CCNCC3)C[C@H]2C(=O)O)cn1. The number of piperidine rings is 1. The zero-order valence-electron chi connectivity index (χ0n) is 12.6. The molecule has 3 heterocycles. The molecule has 1 atom stereocenters. The minimum Gasteiger partial charge on any atom is -0.480 e. The number of likely N-dealkylation sites (tertiary alicyclic amines) is 1. The van der Waals surface area contributed by atoms with Gasteiger partial charge in [0.15, 0.2) is 0 Å². The normalized spacial score (nSPS) is 23.7. The molecule has 3 rings (SSSR count). The van der Waals surface area contributed by atoms with Crippen molar-refractivity contribution in [2.45, 2.75) is 32.2 Å². The van der Waals surface area contributed by atoms with Gasteiger partial charge in [0.2, 0.25) is 0 Å². The molecule has 0 aliphatic carbocycles. The van der Waals surface area contributed by atoms with Crippen molar-refractivity contribution in [2.75, 3.05) is 19.6 Å². The summed E-state index contributed by atoms with van der Waals surface area (Å²) in [7, 11) is 0. The third-order valence-corrected chi connectivity index (χ3v) is 4.72. The number of amides is 1. The molecule has 118 valence electrons. The van der Waals surface area contributed by atoms with Gasteiger partial charge in [-0.25, -0.2) is 9.78 Å². The van der Waals surface area contributed by atoms with E-state index in [2.05, 4.69) is 15.3 Å². The van der Waals surface area contributed by atoms with E-state index in [1.165, 1.54) is 17.3 Å². The standard InChI is InChI=1S/C15H20N4O3/c1-10-7-18-11(8-17-10)13(20)19-9-15(2-4-16-5-3-15)6-12(19)14(21)22/h7-8,12,16H,2-6,9H2,1H3,(H,21,22)/t12-/m0/s1. The Morgan fingerprint density at radius 1 is 1.32 bits per heavy atom. The number of hydrogen-bond donors (Lipinski definition) is 2. The van der Waals surface area contributed by atoms with Gasteiger partial charge >= 0.3 is 5.97 Å². The van der Waals surface area contributed by atoms with Gasteiger partial charge in [0.25, 0.3) is 5.91 Å². The molecule has 0 unspecified atom stereocenters. The highest BCUT2D eigenvalue weighted by Crippen LogP contribution is 2.42. The number of aromatic nitrogens is 2. The highest BCUT2D eigenvalue weighted by Gasteiger charge is 2.49. The lowest BCUT2D eigenvalue weighted by Crippen LogP contribution is -2.42. The Hall–Kier alpha value is -2.02. The predicted molar refractivity (Wildman–Crippen MR) is 78.4 cm³/mol. The van der Waals surface area contributed by atoms with Crippen LogP contribution in [0.25, 0.3) is 0 Å². The molecule has 1 spiro atoms. The molecule has 1 aromatic rings. The lowest BCUT2D eigenvalue weighted by atomic mass is 9.77. The van der Waals surface area contributed by atoms with Gasteiger partial charge in [0.05, 0.1) is 11.9 Å². The molecule has 7 heteroatoms. The topological polar surface area (TPSA) is 95.4 Å². The van der Waals surface area contributed by atoms with Gasteiger partial charge in [-0.3, -0.25) is 9.78 Å². The van der Waals surface area contributed by atoms with E-state index >= 15 is 0 Å². The maximum absolute atomic E-state index is 12.6. The molecule has 7 nitrogen and oxygen atoms in total. The van der Waals surface area contributed by atoms with Crippen LogP contribution < -0.4 is 5.32 Å². The lowest BCUT2D eigenvalue weighted by Gasteiger charge is -2.33. The molecular weight excluding hydrogens is 284 g/mol. The van der Waals surface area contributed by atoms with E-state index in [4.69, 9.17) is 0 Å². The number of nitrogens with one attached hydrogen (secondary N) is 1. The number of carboxylic acid groups (broad SMARTS) is 1. The van der Waals surface area contributed by atoms with Crippen molar-refractivity contribution in [3.8, 4) is 0 Å². The summed E-state index contributed by atoms with van der Waals surface area (Å²) in [5.41, 5.74) is 0.854. The van der Waals surface area contributed by atoms with Crippen LogP contribution in [0.3, 0.4) is 0 Å². The average Bonchev–Trinajstić information content (AvgIpc) is 2.87. The fourth-order valence-corrected chi connectivity index (χ4v) is 3.46. The molecule has 2 fully saturated rings. The molecule has 0 aromatic carbocycles. The van der Waals surface area contributed by atoms with E-state index in [0.29, 0.717) is 13.0 Å². The quantitative estimate of drug-likeness (QED) is 0.824.